The molecule has 2 atom stereocenters. The fourth-order valence-electron chi connectivity index (χ4n) is 4.27. The molecule has 4 rings (SSSR count). The van der Waals surface area contributed by atoms with E-state index in [2.05, 4.69) is 17.0 Å². The van der Waals surface area contributed by atoms with Crippen LogP contribution in [0.25, 0.3) is 0 Å². The molecule has 31 heavy (non-hydrogen) atoms. The average molecular weight is 426 g/mol. The van der Waals surface area contributed by atoms with Crippen molar-refractivity contribution in [3.8, 4) is 17.2 Å². The number of likely N-dealkylation sites (tertiary alicyclic amines) is 1. The fourth-order valence-corrected chi connectivity index (χ4v) is 4.27. The van der Waals surface area contributed by atoms with Crippen LogP contribution >= 0.6 is 0 Å². The van der Waals surface area contributed by atoms with Crippen molar-refractivity contribution in [3.05, 3.63) is 53.6 Å². The maximum atomic E-state index is 11.7. The Morgan fingerprint density at radius 2 is 1.90 bits per heavy atom. The Labute approximate surface area is 183 Å². The first kappa shape index (κ1) is 21.7. The standard InChI is InChI=1S/C25H31NO5/c1-2-23(28)18-6-9-21(10-7-18)31-17-20(27)16-26-12-3-5-22(26)19-8-11-24-25(15-19)30-14-4-13-29-24/h6-11,15,20,22,27H,2-5,12-14,16-17H2,1H3/t20-,22-/m0/s1. The lowest BCUT2D eigenvalue weighted by atomic mass is 10.0. The lowest BCUT2D eigenvalue weighted by molar-refractivity contribution is 0.0638. The first-order valence-electron chi connectivity index (χ1n) is 11.2. The second-order valence-corrected chi connectivity index (χ2v) is 8.18. The normalized spacial score (nSPS) is 19.6. The number of ether oxygens (including phenoxy) is 3. The number of carbonyl (C=O) groups excluding carboxylic acids is 1. The molecule has 0 amide bonds. The molecule has 0 bridgehead atoms. The Balaban J connectivity index is 1.33. The number of fused-ring (bicyclic) bond motifs is 1. The van der Waals surface area contributed by atoms with Gasteiger partial charge in [0.1, 0.15) is 18.5 Å². The summed E-state index contributed by atoms with van der Waals surface area (Å²) in [6.45, 7) is 4.92. The molecule has 2 aromatic carbocycles. The van der Waals surface area contributed by atoms with Gasteiger partial charge in [-0.2, -0.15) is 0 Å². The lowest BCUT2D eigenvalue weighted by Gasteiger charge is -2.27. The van der Waals surface area contributed by atoms with Gasteiger partial charge >= 0.3 is 0 Å². The van der Waals surface area contributed by atoms with E-state index in [1.54, 1.807) is 24.3 Å². The second-order valence-electron chi connectivity index (χ2n) is 8.18. The molecule has 166 valence electrons. The van der Waals surface area contributed by atoms with E-state index in [1.807, 2.05) is 13.0 Å². The number of hydrogen-bond donors (Lipinski definition) is 1. The molecule has 0 unspecified atom stereocenters. The van der Waals surface area contributed by atoms with E-state index < -0.39 is 6.10 Å². The average Bonchev–Trinajstić information content (AvgIpc) is 3.12. The maximum Gasteiger partial charge on any atom is 0.162 e. The number of Topliss-reactive ketones (excluding diaryl/α,β-unsaturated/α-hetero) is 1. The van der Waals surface area contributed by atoms with Gasteiger partial charge in [0.2, 0.25) is 0 Å². The smallest absolute Gasteiger partial charge is 0.162 e. The SMILES string of the molecule is CCC(=O)c1ccc(OC[C@@H](O)CN2CCC[C@H]2c2ccc3c(c2)OCCCO3)cc1. The van der Waals surface area contributed by atoms with Crippen molar-refractivity contribution >= 4 is 5.78 Å². The summed E-state index contributed by atoms with van der Waals surface area (Å²) in [6.07, 6.45) is 2.93. The third kappa shape index (κ3) is 5.38. The van der Waals surface area contributed by atoms with Crippen molar-refractivity contribution < 1.29 is 24.1 Å². The summed E-state index contributed by atoms with van der Waals surface area (Å²) in [6, 6.07) is 13.6. The van der Waals surface area contributed by atoms with E-state index in [4.69, 9.17) is 14.2 Å². The van der Waals surface area contributed by atoms with Crippen LogP contribution < -0.4 is 14.2 Å². The Bertz CT molecular complexity index is 882. The minimum atomic E-state index is -0.599. The van der Waals surface area contributed by atoms with Gasteiger partial charge in [-0.3, -0.25) is 9.69 Å². The molecule has 0 spiro atoms. The molecule has 1 fully saturated rings. The van der Waals surface area contributed by atoms with E-state index in [0.717, 1.165) is 37.3 Å². The number of nitrogens with zero attached hydrogens (tertiary/aromatic N) is 1. The van der Waals surface area contributed by atoms with Crippen LogP contribution in [0.1, 0.15) is 54.6 Å². The number of hydrogen-bond acceptors (Lipinski definition) is 6. The number of carbonyl (C=O) groups is 1. The first-order valence-corrected chi connectivity index (χ1v) is 11.2. The van der Waals surface area contributed by atoms with Crippen LogP contribution in [0, 0.1) is 0 Å². The van der Waals surface area contributed by atoms with Gasteiger partial charge in [-0.1, -0.05) is 13.0 Å². The molecular weight excluding hydrogens is 394 g/mol. The van der Waals surface area contributed by atoms with Crippen molar-refractivity contribution in [1.29, 1.82) is 0 Å². The van der Waals surface area contributed by atoms with Crippen molar-refractivity contribution in [1.82, 2.24) is 4.90 Å². The molecule has 2 aliphatic heterocycles. The van der Waals surface area contributed by atoms with Gasteiger partial charge in [-0.05, 0) is 61.3 Å². The molecule has 6 nitrogen and oxygen atoms in total. The summed E-state index contributed by atoms with van der Waals surface area (Å²) in [5.41, 5.74) is 1.89. The summed E-state index contributed by atoms with van der Waals surface area (Å²) < 4.78 is 17.3. The fraction of sp³-hybridized carbons (Fsp3) is 0.480. The van der Waals surface area contributed by atoms with E-state index in [0.29, 0.717) is 37.5 Å². The molecule has 0 aromatic heterocycles. The van der Waals surface area contributed by atoms with Gasteiger partial charge in [0.25, 0.3) is 0 Å². The third-order valence-electron chi connectivity index (χ3n) is 5.91. The number of benzene rings is 2. The van der Waals surface area contributed by atoms with Crippen LogP contribution in [0.4, 0.5) is 0 Å². The molecular formula is C25H31NO5. The number of β-amino-alcohol motifs (C(OH)–C–C–N with tert-alkyl or cyclic N) is 1. The van der Waals surface area contributed by atoms with Gasteiger partial charge in [-0.15, -0.1) is 0 Å². The zero-order valence-electron chi connectivity index (χ0n) is 18.1. The van der Waals surface area contributed by atoms with Crippen molar-refractivity contribution in [2.45, 2.75) is 44.8 Å². The molecule has 0 saturated carbocycles. The lowest BCUT2D eigenvalue weighted by Crippen LogP contribution is -2.35. The predicted molar refractivity (Wildman–Crippen MR) is 118 cm³/mol. The third-order valence-corrected chi connectivity index (χ3v) is 5.91. The van der Waals surface area contributed by atoms with Gasteiger partial charge in [0.05, 0.1) is 13.2 Å². The van der Waals surface area contributed by atoms with Crippen LogP contribution in [-0.4, -0.2) is 54.8 Å². The zero-order valence-corrected chi connectivity index (χ0v) is 18.1. The highest BCUT2D eigenvalue weighted by atomic mass is 16.5. The quantitative estimate of drug-likeness (QED) is 0.645. The Morgan fingerprint density at radius 3 is 2.68 bits per heavy atom. The molecule has 2 aliphatic rings. The number of rotatable bonds is 8. The number of aliphatic hydroxyl groups excluding tert-OH is 1. The van der Waals surface area contributed by atoms with Gasteiger partial charge in [0.15, 0.2) is 17.3 Å². The van der Waals surface area contributed by atoms with E-state index >= 15 is 0 Å². The van der Waals surface area contributed by atoms with Crippen LogP contribution in [0.3, 0.4) is 0 Å². The van der Waals surface area contributed by atoms with Crippen molar-refractivity contribution in [2.75, 3.05) is 32.9 Å². The molecule has 1 N–H and O–H groups in total. The topological polar surface area (TPSA) is 68.2 Å². The molecule has 2 heterocycles. The highest BCUT2D eigenvalue weighted by Gasteiger charge is 2.28. The van der Waals surface area contributed by atoms with Crippen molar-refractivity contribution in [2.24, 2.45) is 0 Å². The summed E-state index contributed by atoms with van der Waals surface area (Å²) in [5.74, 6) is 2.40. The van der Waals surface area contributed by atoms with Gasteiger partial charge in [-0.25, -0.2) is 0 Å². The Morgan fingerprint density at radius 1 is 1.13 bits per heavy atom. The minimum absolute atomic E-state index is 0.112. The number of ketones is 1. The van der Waals surface area contributed by atoms with Crippen LogP contribution in [0.2, 0.25) is 0 Å². The summed E-state index contributed by atoms with van der Waals surface area (Å²) in [4.78, 5) is 14.0. The van der Waals surface area contributed by atoms with E-state index in [9.17, 15) is 9.90 Å². The van der Waals surface area contributed by atoms with Crippen LogP contribution in [0.15, 0.2) is 42.5 Å². The minimum Gasteiger partial charge on any atom is -0.491 e. The molecule has 0 aliphatic carbocycles. The van der Waals surface area contributed by atoms with E-state index in [-0.39, 0.29) is 18.4 Å². The molecule has 1 saturated heterocycles. The molecule has 6 heteroatoms. The highest BCUT2D eigenvalue weighted by molar-refractivity contribution is 5.95. The van der Waals surface area contributed by atoms with E-state index in [1.165, 1.54) is 5.56 Å². The van der Waals surface area contributed by atoms with Gasteiger partial charge in [0, 0.05) is 31.0 Å². The summed E-state index contributed by atoms with van der Waals surface area (Å²) in [5, 5.41) is 10.6. The molecule has 2 aromatic rings. The van der Waals surface area contributed by atoms with Crippen molar-refractivity contribution in [3.63, 3.8) is 0 Å². The zero-order chi connectivity index (χ0) is 21.6. The molecule has 0 radical (unpaired) electrons. The van der Waals surface area contributed by atoms with Crippen LogP contribution in [-0.2, 0) is 0 Å². The maximum absolute atomic E-state index is 11.7. The summed E-state index contributed by atoms with van der Waals surface area (Å²) in [7, 11) is 0. The Hall–Kier alpha value is -2.57. The summed E-state index contributed by atoms with van der Waals surface area (Å²) >= 11 is 0. The highest BCUT2D eigenvalue weighted by Crippen LogP contribution is 2.37. The first-order chi connectivity index (χ1) is 15.1. The monoisotopic (exact) mass is 425 g/mol. The second kappa shape index (κ2) is 10.2. The Kier molecular flexibility index (Phi) is 7.10. The largest absolute Gasteiger partial charge is 0.491 e. The number of aliphatic hydroxyl groups is 1. The van der Waals surface area contributed by atoms with Crippen LogP contribution in [0.5, 0.6) is 17.2 Å². The predicted octanol–water partition coefficient (Wildman–Crippen LogP) is 4.02. The van der Waals surface area contributed by atoms with Gasteiger partial charge < -0.3 is 19.3 Å².